The van der Waals surface area contributed by atoms with Crippen molar-refractivity contribution < 1.29 is 14.0 Å². The van der Waals surface area contributed by atoms with Crippen molar-refractivity contribution in [1.82, 2.24) is 0 Å². The highest BCUT2D eigenvalue weighted by Gasteiger charge is 2.24. The summed E-state index contributed by atoms with van der Waals surface area (Å²) in [6.45, 7) is 5.57. The molecule has 226 valence electrons. The minimum absolute atomic E-state index is 0.571. The Hall–Kier alpha value is -3.80. The van der Waals surface area contributed by atoms with Gasteiger partial charge in [-0.25, -0.2) is 0 Å². The van der Waals surface area contributed by atoms with Gasteiger partial charge >= 0.3 is 0 Å². The molecular weight excluding hydrogens is 584 g/mol. The highest BCUT2D eigenvalue weighted by atomic mass is 35.5. The van der Waals surface area contributed by atoms with E-state index in [1.807, 2.05) is 17.4 Å². The van der Waals surface area contributed by atoms with Gasteiger partial charge in [-0.2, -0.15) is 4.57 Å². The first-order chi connectivity index (χ1) is 21.4. The molecule has 1 aliphatic carbocycles. The van der Waals surface area contributed by atoms with Crippen LogP contribution in [0.4, 0.5) is 5.69 Å². The molecule has 0 spiro atoms. The van der Waals surface area contributed by atoms with E-state index >= 15 is 0 Å². The number of unbranched alkanes of at least 4 members (excludes halogenated alkanes) is 2. The van der Waals surface area contributed by atoms with Gasteiger partial charge in [0.05, 0.1) is 17.8 Å². The molecule has 0 N–H and O–H groups in total. The maximum atomic E-state index is 6.56. The summed E-state index contributed by atoms with van der Waals surface area (Å²) in [7, 11) is 3.74. The quantitative estimate of drug-likeness (QED) is 0.137. The molecule has 1 unspecified atom stereocenters. The lowest BCUT2D eigenvalue weighted by Gasteiger charge is -2.19. The van der Waals surface area contributed by atoms with Crippen LogP contribution in [0.2, 0.25) is 5.02 Å². The Labute approximate surface area is 270 Å². The molecule has 4 aromatic rings. The molecule has 6 heteroatoms. The van der Waals surface area contributed by atoms with Gasteiger partial charge in [-0.3, -0.25) is 0 Å². The summed E-state index contributed by atoms with van der Waals surface area (Å²) in [4.78, 5) is 2.12. The van der Waals surface area contributed by atoms with E-state index in [4.69, 9.17) is 21.1 Å². The summed E-state index contributed by atoms with van der Waals surface area (Å²) in [5, 5.41) is 1.92. The van der Waals surface area contributed by atoms with Gasteiger partial charge in [0.15, 0.2) is 18.2 Å². The van der Waals surface area contributed by atoms with Crippen molar-refractivity contribution in [2.45, 2.75) is 52.5 Å². The van der Waals surface area contributed by atoms with Crippen molar-refractivity contribution in [3.63, 3.8) is 0 Å². The molecular formula is C38H40ClN2O2S+. The fourth-order valence-corrected chi connectivity index (χ4v) is 7.51. The zero-order valence-electron chi connectivity index (χ0n) is 26.0. The SMILES string of the molecule is CCCCC[n+]1c(/C=C2C=C(/C=C/C=C3\Oc4ccc(-c5ccccc5)cc4N3C)CC(C)C/2)sc2cc(OC)c(Cl)cc21. The van der Waals surface area contributed by atoms with Crippen molar-refractivity contribution in [1.29, 1.82) is 0 Å². The Kier molecular flexibility index (Phi) is 9.25. The number of aryl methyl sites for hydroxylation is 1. The summed E-state index contributed by atoms with van der Waals surface area (Å²) in [5.74, 6) is 3.01. The predicted molar refractivity (Wildman–Crippen MR) is 186 cm³/mol. The van der Waals surface area contributed by atoms with Gasteiger partial charge in [0, 0.05) is 31.7 Å². The van der Waals surface area contributed by atoms with Crippen molar-refractivity contribution in [3.8, 4) is 22.6 Å². The summed E-state index contributed by atoms with van der Waals surface area (Å²) < 4.78 is 15.4. The molecule has 6 rings (SSSR count). The molecule has 0 saturated heterocycles. The number of nitrogens with zero attached hydrogens (tertiary/aromatic N) is 2. The van der Waals surface area contributed by atoms with Crippen LogP contribution >= 0.6 is 22.9 Å². The van der Waals surface area contributed by atoms with Crippen LogP contribution in [0.5, 0.6) is 11.5 Å². The lowest BCUT2D eigenvalue weighted by molar-refractivity contribution is -0.669. The minimum atomic E-state index is 0.571. The maximum Gasteiger partial charge on any atom is 0.263 e. The van der Waals surface area contributed by atoms with Crippen LogP contribution < -0.4 is 18.9 Å². The highest BCUT2D eigenvalue weighted by Crippen LogP contribution is 2.41. The molecule has 0 radical (unpaired) electrons. The predicted octanol–water partition coefficient (Wildman–Crippen LogP) is 10.4. The summed E-state index contributed by atoms with van der Waals surface area (Å²) in [6, 6.07) is 21.0. The monoisotopic (exact) mass is 623 g/mol. The van der Waals surface area contributed by atoms with E-state index < -0.39 is 0 Å². The third-order valence-electron chi connectivity index (χ3n) is 8.36. The first-order valence-electron chi connectivity index (χ1n) is 15.5. The summed E-state index contributed by atoms with van der Waals surface area (Å²) in [6.07, 6.45) is 16.8. The van der Waals surface area contributed by atoms with Gasteiger partial charge in [-0.05, 0) is 65.7 Å². The van der Waals surface area contributed by atoms with Crippen LogP contribution in [0.1, 0.15) is 51.0 Å². The molecule has 2 aliphatic rings. The van der Waals surface area contributed by atoms with Crippen LogP contribution in [0.15, 0.2) is 102 Å². The average Bonchev–Trinajstić information content (AvgIpc) is 3.52. The van der Waals surface area contributed by atoms with Gasteiger partial charge in [0.1, 0.15) is 10.4 Å². The van der Waals surface area contributed by atoms with E-state index in [0.29, 0.717) is 10.9 Å². The summed E-state index contributed by atoms with van der Waals surface area (Å²) in [5.41, 5.74) is 7.34. The lowest BCUT2D eigenvalue weighted by Crippen LogP contribution is -2.35. The zero-order chi connectivity index (χ0) is 30.6. The lowest BCUT2D eigenvalue weighted by atomic mass is 9.86. The van der Waals surface area contributed by atoms with Gasteiger partial charge in [-0.15, -0.1) is 0 Å². The minimum Gasteiger partial charge on any atom is -0.495 e. The average molecular weight is 624 g/mol. The molecule has 0 saturated carbocycles. The Morgan fingerprint density at radius 3 is 2.70 bits per heavy atom. The molecule has 2 heterocycles. The molecule has 0 fully saturated rings. The smallest absolute Gasteiger partial charge is 0.263 e. The number of hydrogen-bond donors (Lipinski definition) is 0. The third kappa shape index (κ3) is 6.50. The second-order valence-electron chi connectivity index (χ2n) is 11.8. The largest absolute Gasteiger partial charge is 0.495 e. The third-order valence-corrected chi connectivity index (χ3v) is 9.75. The van der Waals surface area contributed by atoms with Crippen LogP contribution in [-0.2, 0) is 6.54 Å². The van der Waals surface area contributed by atoms with E-state index in [0.717, 1.165) is 48.9 Å². The van der Waals surface area contributed by atoms with Crippen molar-refractivity contribution in [3.05, 3.63) is 112 Å². The highest BCUT2D eigenvalue weighted by molar-refractivity contribution is 7.18. The van der Waals surface area contributed by atoms with Gasteiger partial charge < -0.3 is 14.4 Å². The number of halogens is 1. The van der Waals surface area contributed by atoms with Crippen LogP contribution in [0.25, 0.3) is 27.4 Å². The van der Waals surface area contributed by atoms with Crippen molar-refractivity contribution in [2.75, 3.05) is 19.1 Å². The van der Waals surface area contributed by atoms with Gasteiger partial charge in [0.2, 0.25) is 5.52 Å². The number of methoxy groups -OCH3 is 1. The van der Waals surface area contributed by atoms with E-state index in [1.165, 1.54) is 50.3 Å². The molecule has 0 amide bonds. The summed E-state index contributed by atoms with van der Waals surface area (Å²) >= 11 is 8.37. The fraction of sp³-hybridized carbons (Fsp3) is 0.289. The van der Waals surface area contributed by atoms with Gasteiger partial charge in [0.25, 0.3) is 5.01 Å². The van der Waals surface area contributed by atoms with Crippen molar-refractivity contribution in [2.24, 2.45) is 5.92 Å². The molecule has 1 aliphatic heterocycles. The number of rotatable bonds is 9. The topological polar surface area (TPSA) is 25.6 Å². The fourth-order valence-electron chi connectivity index (χ4n) is 6.10. The number of fused-ring (bicyclic) bond motifs is 2. The Morgan fingerprint density at radius 1 is 1.07 bits per heavy atom. The first kappa shape index (κ1) is 30.2. The number of benzene rings is 3. The van der Waals surface area contributed by atoms with Gasteiger partial charge in [-0.1, -0.05) is 97.8 Å². The molecule has 4 nitrogen and oxygen atoms in total. The number of allylic oxidation sites excluding steroid dienone is 6. The van der Waals surface area contributed by atoms with Crippen LogP contribution in [-0.4, -0.2) is 14.2 Å². The number of hydrogen-bond acceptors (Lipinski definition) is 4. The normalized spacial score (nSPS) is 18.3. The Morgan fingerprint density at radius 2 is 1.91 bits per heavy atom. The number of thiazole rings is 1. The molecule has 3 aromatic carbocycles. The second-order valence-corrected chi connectivity index (χ2v) is 13.2. The Bertz CT molecular complexity index is 1780. The molecule has 1 aromatic heterocycles. The second kappa shape index (κ2) is 13.5. The molecule has 44 heavy (non-hydrogen) atoms. The number of ether oxygens (including phenoxy) is 2. The van der Waals surface area contributed by atoms with E-state index in [1.54, 1.807) is 7.11 Å². The number of aromatic nitrogens is 1. The van der Waals surface area contributed by atoms with E-state index in [-0.39, 0.29) is 0 Å². The van der Waals surface area contributed by atoms with E-state index in [2.05, 4.69) is 115 Å². The van der Waals surface area contributed by atoms with Crippen LogP contribution in [0, 0.1) is 5.92 Å². The number of anilines is 1. The zero-order valence-corrected chi connectivity index (χ0v) is 27.5. The maximum absolute atomic E-state index is 6.56. The standard InChI is InChI=1S/C38H40ClN2O2S/c1-5-6-10-18-41-33-24-31(39)35(42-4)25-36(33)44-38(41)22-28-20-26(2)19-27(21-28)12-11-15-37-40(3)32-23-30(16-17-34(32)43-37)29-13-8-7-9-14-29/h7-9,11-17,21-26H,5-6,10,18-20H2,1-4H3/q+1. The van der Waals surface area contributed by atoms with E-state index in [9.17, 15) is 0 Å². The first-order valence-corrected chi connectivity index (χ1v) is 16.7. The molecule has 1 atom stereocenters. The van der Waals surface area contributed by atoms with Crippen molar-refractivity contribution >= 4 is 44.9 Å². The Balaban J connectivity index is 1.24. The molecule has 0 bridgehead atoms. The van der Waals surface area contributed by atoms with Crippen LogP contribution in [0.3, 0.4) is 0 Å².